The number of rotatable bonds is 2. The van der Waals surface area contributed by atoms with E-state index in [1.165, 1.54) is 0 Å². The Balaban J connectivity index is 2.27. The molecular weight excluding hydrogens is 212 g/mol. The first kappa shape index (κ1) is 12.0. The van der Waals surface area contributed by atoms with Gasteiger partial charge in [0, 0.05) is 24.3 Å². The highest BCUT2D eigenvalue weighted by Crippen LogP contribution is 2.28. The van der Waals surface area contributed by atoms with Crippen molar-refractivity contribution in [2.45, 2.75) is 39.0 Å². The van der Waals surface area contributed by atoms with Crippen molar-refractivity contribution in [1.29, 1.82) is 0 Å². The molecule has 1 fully saturated rings. The third kappa shape index (κ3) is 2.43. The zero-order valence-electron chi connectivity index (χ0n) is 10.6. The monoisotopic (exact) mass is 232 g/mol. The van der Waals surface area contributed by atoms with Gasteiger partial charge in [-0.1, -0.05) is 19.9 Å². The number of amides is 1. The molecule has 1 amide bonds. The molecule has 92 valence electrons. The van der Waals surface area contributed by atoms with E-state index in [-0.39, 0.29) is 5.91 Å². The van der Waals surface area contributed by atoms with Crippen LogP contribution in [0.4, 0.5) is 11.4 Å². The summed E-state index contributed by atoms with van der Waals surface area (Å²) in [5.41, 5.74) is 8.92. The van der Waals surface area contributed by atoms with E-state index >= 15 is 0 Å². The molecule has 3 heteroatoms. The Morgan fingerprint density at radius 3 is 2.65 bits per heavy atom. The summed E-state index contributed by atoms with van der Waals surface area (Å²) in [5, 5.41) is 0. The highest BCUT2D eigenvalue weighted by Gasteiger charge is 2.20. The normalized spacial score (nSPS) is 16.6. The van der Waals surface area contributed by atoms with Crippen LogP contribution in [0, 0.1) is 0 Å². The number of carbonyl (C=O) groups is 1. The molecule has 3 nitrogen and oxygen atoms in total. The van der Waals surface area contributed by atoms with E-state index in [1.54, 1.807) is 0 Å². The fourth-order valence-corrected chi connectivity index (χ4v) is 2.33. The highest BCUT2D eigenvalue weighted by molar-refractivity contribution is 5.94. The van der Waals surface area contributed by atoms with Crippen LogP contribution in [0.5, 0.6) is 0 Å². The Hall–Kier alpha value is -1.51. The maximum atomic E-state index is 11.8. The highest BCUT2D eigenvalue weighted by atomic mass is 16.2. The number of carbonyl (C=O) groups excluding carboxylic acids is 1. The van der Waals surface area contributed by atoms with Gasteiger partial charge in [0.25, 0.3) is 0 Å². The van der Waals surface area contributed by atoms with E-state index in [0.717, 1.165) is 36.3 Å². The maximum absolute atomic E-state index is 11.8. The second kappa shape index (κ2) is 4.78. The Labute approximate surface area is 103 Å². The van der Waals surface area contributed by atoms with Gasteiger partial charge in [-0.3, -0.25) is 4.79 Å². The average molecular weight is 232 g/mol. The minimum atomic E-state index is 0.216. The number of hydrogen-bond acceptors (Lipinski definition) is 2. The number of hydrogen-bond donors (Lipinski definition) is 1. The van der Waals surface area contributed by atoms with Crippen molar-refractivity contribution >= 4 is 17.3 Å². The van der Waals surface area contributed by atoms with E-state index in [1.807, 2.05) is 23.1 Å². The lowest BCUT2D eigenvalue weighted by Crippen LogP contribution is -2.35. The first-order valence-electron chi connectivity index (χ1n) is 6.29. The van der Waals surface area contributed by atoms with Crippen molar-refractivity contribution in [2.24, 2.45) is 0 Å². The number of nitrogens with two attached hydrogens (primary N) is 1. The predicted octanol–water partition coefficient (Wildman–Crippen LogP) is 2.91. The van der Waals surface area contributed by atoms with Gasteiger partial charge in [0.2, 0.25) is 5.91 Å². The summed E-state index contributed by atoms with van der Waals surface area (Å²) in [4.78, 5) is 13.7. The molecule has 1 aromatic carbocycles. The van der Waals surface area contributed by atoms with Crippen molar-refractivity contribution in [3.63, 3.8) is 0 Å². The van der Waals surface area contributed by atoms with Crippen LogP contribution in [0.25, 0.3) is 0 Å². The molecule has 1 aromatic rings. The van der Waals surface area contributed by atoms with Gasteiger partial charge in [0.05, 0.1) is 0 Å². The molecule has 0 bridgehead atoms. The second-order valence-corrected chi connectivity index (χ2v) is 4.97. The molecule has 0 aliphatic carbocycles. The fraction of sp³-hybridized carbons (Fsp3) is 0.500. The van der Waals surface area contributed by atoms with Gasteiger partial charge in [-0.2, -0.15) is 0 Å². The van der Waals surface area contributed by atoms with Gasteiger partial charge in [0.1, 0.15) is 0 Å². The number of anilines is 2. The molecule has 1 aliphatic heterocycles. The Bertz CT molecular complexity index is 426. The van der Waals surface area contributed by atoms with Crippen LogP contribution in [0.2, 0.25) is 0 Å². The molecule has 0 unspecified atom stereocenters. The summed E-state index contributed by atoms with van der Waals surface area (Å²) in [5.74, 6) is 0.633. The smallest absolute Gasteiger partial charge is 0.226 e. The number of piperidine rings is 1. The molecule has 2 rings (SSSR count). The van der Waals surface area contributed by atoms with Crippen LogP contribution >= 0.6 is 0 Å². The van der Waals surface area contributed by atoms with E-state index in [9.17, 15) is 4.79 Å². The molecule has 0 saturated carbocycles. The molecular formula is C14H20N2O. The summed E-state index contributed by atoms with van der Waals surface area (Å²) in [6.45, 7) is 5.06. The van der Waals surface area contributed by atoms with Gasteiger partial charge >= 0.3 is 0 Å². The minimum Gasteiger partial charge on any atom is -0.398 e. The lowest BCUT2D eigenvalue weighted by Gasteiger charge is -2.27. The molecule has 0 atom stereocenters. The van der Waals surface area contributed by atoms with Crippen LogP contribution in [0.3, 0.4) is 0 Å². The van der Waals surface area contributed by atoms with Crippen LogP contribution < -0.4 is 10.6 Å². The van der Waals surface area contributed by atoms with E-state index in [2.05, 4.69) is 13.8 Å². The summed E-state index contributed by atoms with van der Waals surface area (Å²) in [6, 6.07) is 5.98. The third-order valence-electron chi connectivity index (χ3n) is 3.33. The molecule has 0 radical (unpaired) electrons. The molecule has 1 saturated heterocycles. The molecule has 17 heavy (non-hydrogen) atoms. The number of nitrogens with zero attached hydrogens (tertiary/aromatic N) is 1. The number of nitrogen functional groups attached to an aromatic ring is 1. The van der Waals surface area contributed by atoms with Crippen molar-refractivity contribution < 1.29 is 4.79 Å². The summed E-state index contributed by atoms with van der Waals surface area (Å²) < 4.78 is 0. The SMILES string of the molecule is CC(C)c1ccc(N2CCCCC2=O)cc1N. The van der Waals surface area contributed by atoms with Crippen LogP contribution in [-0.4, -0.2) is 12.5 Å². The third-order valence-corrected chi connectivity index (χ3v) is 3.33. The minimum absolute atomic E-state index is 0.216. The van der Waals surface area contributed by atoms with Crippen LogP contribution in [0.1, 0.15) is 44.6 Å². The topological polar surface area (TPSA) is 46.3 Å². The van der Waals surface area contributed by atoms with E-state index in [4.69, 9.17) is 5.73 Å². The zero-order valence-corrected chi connectivity index (χ0v) is 10.6. The Kier molecular flexibility index (Phi) is 3.36. The molecule has 2 N–H and O–H groups in total. The lowest BCUT2D eigenvalue weighted by molar-refractivity contribution is -0.119. The largest absolute Gasteiger partial charge is 0.398 e. The van der Waals surface area contributed by atoms with Crippen molar-refractivity contribution in [3.05, 3.63) is 23.8 Å². The predicted molar refractivity (Wildman–Crippen MR) is 71.1 cm³/mol. The lowest BCUT2D eigenvalue weighted by atomic mass is 10.00. The molecule has 0 spiro atoms. The Morgan fingerprint density at radius 1 is 1.29 bits per heavy atom. The van der Waals surface area contributed by atoms with Gasteiger partial charge in [0.15, 0.2) is 0 Å². The standard InChI is InChI=1S/C14H20N2O/c1-10(2)12-7-6-11(9-13(12)15)16-8-4-3-5-14(16)17/h6-7,9-10H,3-5,8,15H2,1-2H3. The van der Waals surface area contributed by atoms with E-state index in [0.29, 0.717) is 12.3 Å². The summed E-state index contributed by atoms with van der Waals surface area (Å²) in [7, 11) is 0. The van der Waals surface area contributed by atoms with E-state index < -0.39 is 0 Å². The van der Waals surface area contributed by atoms with Crippen molar-refractivity contribution in [1.82, 2.24) is 0 Å². The van der Waals surface area contributed by atoms with Gasteiger partial charge in [-0.05, 0) is 36.5 Å². The van der Waals surface area contributed by atoms with Crippen LogP contribution in [0.15, 0.2) is 18.2 Å². The van der Waals surface area contributed by atoms with Crippen molar-refractivity contribution in [2.75, 3.05) is 17.2 Å². The van der Waals surface area contributed by atoms with Crippen molar-refractivity contribution in [3.8, 4) is 0 Å². The van der Waals surface area contributed by atoms with Crippen LogP contribution in [-0.2, 0) is 4.79 Å². The Morgan fingerprint density at radius 2 is 2.06 bits per heavy atom. The molecule has 1 aliphatic rings. The van der Waals surface area contributed by atoms with Gasteiger partial charge in [-0.25, -0.2) is 0 Å². The second-order valence-electron chi connectivity index (χ2n) is 4.97. The maximum Gasteiger partial charge on any atom is 0.226 e. The quantitative estimate of drug-likeness (QED) is 0.797. The fourth-order valence-electron chi connectivity index (χ4n) is 2.33. The first-order valence-corrected chi connectivity index (χ1v) is 6.29. The zero-order chi connectivity index (χ0) is 12.4. The molecule has 1 heterocycles. The van der Waals surface area contributed by atoms with Gasteiger partial charge < -0.3 is 10.6 Å². The first-order chi connectivity index (χ1) is 8.09. The molecule has 0 aromatic heterocycles. The van der Waals surface area contributed by atoms with Gasteiger partial charge in [-0.15, -0.1) is 0 Å². The summed E-state index contributed by atoms with van der Waals surface area (Å²) in [6.07, 6.45) is 2.75. The number of benzene rings is 1. The summed E-state index contributed by atoms with van der Waals surface area (Å²) >= 11 is 0. The average Bonchev–Trinajstić information content (AvgIpc) is 2.29.